The standard InChI is InChI=1S/C20H23N3O4S/c1-12(17(24)23-20(11-21)8-4-3-5-9-20)27-19(26)14-6-7-16-15(10-14)22-18(25)13(2)28-16/h6-7,10,12-13H,3-5,8-9H2,1-2H3,(H,22,25)(H,23,24). The number of hydrogen-bond donors (Lipinski definition) is 2. The van der Waals surface area contributed by atoms with Crippen molar-refractivity contribution in [2.24, 2.45) is 0 Å². The van der Waals surface area contributed by atoms with Crippen LogP contribution in [0, 0.1) is 11.3 Å². The molecule has 2 unspecified atom stereocenters. The Labute approximate surface area is 168 Å². The van der Waals surface area contributed by atoms with Gasteiger partial charge in [-0.3, -0.25) is 9.59 Å². The third kappa shape index (κ3) is 4.30. The van der Waals surface area contributed by atoms with Gasteiger partial charge in [-0.05, 0) is 44.9 Å². The highest BCUT2D eigenvalue weighted by molar-refractivity contribution is 8.00. The smallest absolute Gasteiger partial charge is 0.338 e. The average molecular weight is 401 g/mol. The minimum absolute atomic E-state index is 0.120. The van der Waals surface area contributed by atoms with Crippen molar-refractivity contribution in [1.82, 2.24) is 5.32 Å². The molecule has 0 radical (unpaired) electrons. The highest BCUT2D eigenvalue weighted by Crippen LogP contribution is 2.36. The number of esters is 1. The lowest BCUT2D eigenvalue weighted by Crippen LogP contribution is -2.52. The summed E-state index contributed by atoms with van der Waals surface area (Å²) >= 11 is 1.42. The molecule has 2 atom stereocenters. The Balaban J connectivity index is 1.64. The van der Waals surface area contributed by atoms with Crippen LogP contribution in [0.3, 0.4) is 0 Å². The maximum absolute atomic E-state index is 12.5. The quantitative estimate of drug-likeness (QED) is 0.751. The van der Waals surface area contributed by atoms with E-state index in [1.54, 1.807) is 18.2 Å². The minimum atomic E-state index is -1.03. The Morgan fingerprint density at radius 3 is 2.75 bits per heavy atom. The number of benzene rings is 1. The van der Waals surface area contributed by atoms with Crippen molar-refractivity contribution in [3.05, 3.63) is 23.8 Å². The predicted molar refractivity (Wildman–Crippen MR) is 105 cm³/mol. The van der Waals surface area contributed by atoms with Crippen LogP contribution in [0.2, 0.25) is 0 Å². The van der Waals surface area contributed by atoms with Crippen LogP contribution in [0.1, 0.15) is 56.3 Å². The number of nitrogens with one attached hydrogen (secondary N) is 2. The van der Waals surface area contributed by atoms with Gasteiger partial charge in [0.05, 0.1) is 22.6 Å². The van der Waals surface area contributed by atoms with Gasteiger partial charge < -0.3 is 15.4 Å². The number of carbonyl (C=O) groups excluding carboxylic acids is 3. The van der Waals surface area contributed by atoms with E-state index in [9.17, 15) is 19.6 Å². The first-order valence-corrected chi connectivity index (χ1v) is 10.3. The van der Waals surface area contributed by atoms with E-state index in [2.05, 4.69) is 16.7 Å². The largest absolute Gasteiger partial charge is 0.449 e. The zero-order valence-electron chi connectivity index (χ0n) is 15.9. The number of thioether (sulfide) groups is 1. The lowest BCUT2D eigenvalue weighted by atomic mass is 9.83. The summed E-state index contributed by atoms with van der Waals surface area (Å²) in [5, 5.41) is 14.8. The molecule has 8 heteroatoms. The molecule has 28 heavy (non-hydrogen) atoms. The molecule has 0 aromatic heterocycles. The van der Waals surface area contributed by atoms with Crippen molar-refractivity contribution in [2.75, 3.05) is 5.32 Å². The topological polar surface area (TPSA) is 108 Å². The van der Waals surface area contributed by atoms with Gasteiger partial charge in [-0.15, -0.1) is 11.8 Å². The first kappa shape index (κ1) is 20.2. The van der Waals surface area contributed by atoms with Crippen molar-refractivity contribution in [2.45, 2.75) is 67.7 Å². The van der Waals surface area contributed by atoms with E-state index in [-0.39, 0.29) is 16.7 Å². The molecule has 0 saturated heterocycles. The Morgan fingerprint density at radius 2 is 2.07 bits per heavy atom. The maximum Gasteiger partial charge on any atom is 0.338 e. The number of rotatable bonds is 4. The molecule has 0 bridgehead atoms. The van der Waals surface area contributed by atoms with Crippen molar-refractivity contribution in [1.29, 1.82) is 5.26 Å². The number of hydrogen-bond acceptors (Lipinski definition) is 6. The Bertz CT molecular complexity index is 842. The van der Waals surface area contributed by atoms with Gasteiger partial charge in [0, 0.05) is 4.90 Å². The molecule has 3 rings (SSSR count). The molecule has 0 spiro atoms. The molecule has 1 fully saturated rings. The molecule has 2 amide bonds. The summed E-state index contributed by atoms with van der Waals surface area (Å²) in [5.41, 5.74) is -0.0631. The zero-order chi connectivity index (χ0) is 20.3. The highest BCUT2D eigenvalue weighted by atomic mass is 32.2. The SMILES string of the molecule is CC(OC(=O)c1ccc2c(c1)NC(=O)C(C)S2)C(=O)NC1(C#N)CCCCC1. The van der Waals surface area contributed by atoms with Crippen LogP contribution in [0.4, 0.5) is 5.69 Å². The van der Waals surface area contributed by atoms with Crippen molar-refractivity contribution >= 4 is 35.2 Å². The first-order chi connectivity index (χ1) is 13.3. The highest BCUT2D eigenvalue weighted by Gasteiger charge is 2.35. The summed E-state index contributed by atoms with van der Waals surface area (Å²) in [6.07, 6.45) is 3.02. The van der Waals surface area contributed by atoms with Crippen LogP contribution >= 0.6 is 11.8 Å². The lowest BCUT2D eigenvalue weighted by molar-refractivity contribution is -0.130. The Kier molecular flexibility index (Phi) is 5.94. The van der Waals surface area contributed by atoms with Crippen molar-refractivity contribution in [3.8, 4) is 6.07 Å². The number of nitrogens with zero attached hydrogens (tertiary/aromatic N) is 1. The van der Waals surface area contributed by atoms with Gasteiger partial charge in [-0.25, -0.2) is 4.79 Å². The number of fused-ring (bicyclic) bond motifs is 1. The van der Waals surface area contributed by atoms with Gasteiger partial charge in [0.25, 0.3) is 5.91 Å². The maximum atomic E-state index is 12.5. The van der Waals surface area contributed by atoms with E-state index in [1.807, 2.05) is 6.92 Å². The molecular formula is C20H23N3O4S. The summed E-state index contributed by atoms with van der Waals surface area (Å²) in [4.78, 5) is 37.6. The summed E-state index contributed by atoms with van der Waals surface area (Å²) in [6.45, 7) is 3.30. The summed E-state index contributed by atoms with van der Waals surface area (Å²) < 4.78 is 5.29. The number of nitriles is 1. The van der Waals surface area contributed by atoms with E-state index in [0.717, 1.165) is 24.2 Å². The van der Waals surface area contributed by atoms with Crippen LogP contribution in [0.5, 0.6) is 0 Å². The number of carbonyl (C=O) groups is 3. The van der Waals surface area contributed by atoms with E-state index in [1.165, 1.54) is 18.7 Å². The van der Waals surface area contributed by atoms with Gasteiger partial charge >= 0.3 is 5.97 Å². The molecule has 2 aliphatic rings. The monoisotopic (exact) mass is 401 g/mol. The predicted octanol–water partition coefficient (Wildman–Crippen LogP) is 3.01. The van der Waals surface area contributed by atoms with Crippen LogP contribution < -0.4 is 10.6 Å². The van der Waals surface area contributed by atoms with E-state index < -0.39 is 23.5 Å². The fraction of sp³-hybridized carbons (Fsp3) is 0.500. The fourth-order valence-electron chi connectivity index (χ4n) is 3.38. The van der Waals surface area contributed by atoms with E-state index in [0.29, 0.717) is 18.5 Å². The molecular weight excluding hydrogens is 378 g/mol. The Hall–Kier alpha value is -2.53. The Morgan fingerprint density at radius 1 is 1.36 bits per heavy atom. The second-order valence-corrected chi connectivity index (χ2v) is 8.63. The third-order valence-electron chi connectivity index (χ3n) is 5.08. The van der Waals surface area contributed by atoms with Crippen LogP contribution in [0.25, 0.3) is 0 Å². The molecule has 1 aromatic carbocycles. The second kappa shape index (κ2) is 8.23. The van der Waals surface area contributed by atoms with Gasteiger partial charge in [-0.2, -0.15) is 5.26 Å². The number of anilines is 1. The summed E-state index contributed by atoms with van der Waals surface area (Å²) in [7, 11) is 0. The third-order valence-corrected chi connectivity index (χ3v) is 6.26. The van der Waals surface area contributed by atoms with Gasteiger partial charge in [-0.1, -0.05) is 19.3 Å². The molecule has 148 valence electrons. The summed E-state index contributed by atoms with van der Waals surface area (Å²) in [6, 6.07) is 7.13. The van der Waals surface area contributed by atoms with Crippen LogP contribution in [0.15, 0.2) is 23.1 Å². The number of ether oxygens (including phenoxy) is 1. The van der Waals surface area contributed by atoms with Crippen molar-refractivity contribution in [3.63, 3.8) is 0 Å². The summed E-state index contributed by atoms with van der Waals surface area (Å²) in [5.74, 6) is -1.25. The molecule has 2 N–H and O–H groups in total. The van der Waals surface area contributed by atoms with E-state index >= 15 is 0 Å². The fourth-order valence-corrected chi connectivity index (χ4v) is 4.31. The zero-order valence-corrected chi connectivity index (χ0v) is 16.7. The second-order valence-electron chi connectivity index (χ2n) is 7.25. The van der Waals surface area contributed by atoms with Gasteiger partial charge in [0.15, 0.2) is 6.10 Å². The molecule has 1 heterocycles. The minimum Gasteiger partial charge on any atom is -0.449 e. The van der Waals surface area contributed by atoms with E-state index in [4.69, 9.17) is 4.74 Å². The molecule has 1 aliphatic carbocycles. The molecule has 7 nitrogen and oxygen atoms in total. The van der Waals surface area contributed by atoms with Crippen molar-refractivity contribution < 1.29 is 19.1 Å². The normalized spacial score (nSPS) is 21.5. The molecule has 1 aliphatic heterocycles. The first-order valence-electron chi connectivity index (χ1n) is 9.39. The number of amides is 2. The van der Waals surface area contributed by atoms with Gasteiger partial charge in [0.1, 0.15) is 5.54 Å². The average Bonchev–Trinajstić information content (AvgIpc) is 2.69. The van der Waals surface area contributed by atoms with Crippen LogP contribution in [-0.4, -0.2) is 34.7 Å². The molecule has 1 aromatic rings. The van der Waals surface area contributed by atoms with Gasteiger partial charge in [0.2, 0.25) is 5.91 Å². The molecule has 1 saturated carbocycles. The lowest BCUT2D eigenvalue weighted by Gasteiger charge is -2.32. The van der Waals surface area contributed by atoms with Crippen LogP contribution in [-0.2, 0) is 14.3 Å².